The summed E-state index contributed by atoms with van der Waals surface area (Å²) in [6.07, 6.45) is 0. The smallest absolute Gasteiger partial charge is 0.307 e. The van der Waals surface area contributed by atoms with Crippen LogP contribution in [0.2, 0.25) is 0 Å². The molecule has 1 N–H and O–H groups in total. The van der Waals surface area contributed by atoms with Crippen LogP contribution >= 0.6 is 0 Å². The van der Waals surface area contributed by atoms with E-state index >= 15 is 0 Å². The van der Waals surface area contributed by atoms with Gasteiger partial charge in [-0.2, -0.15) is 0 Å². The zero-order chi connectivity index (χ0) is 10.2. The molecule has 0 aliphatic heterocycles. The van der Waals surface area contributed by atoms with E-state index in [4.69, 9.17) is 9.84 Å². The summed E-state index contributed by atoms with van der Waals surface area (Å²) >= 11 is 0. The lowest BCUT2D eigenvalue weighted by molar-refractivity contribution is -0.143. The Morgan fingerprint density at radius 3 is 2.31 bits per heavy atom. The standard InChI is InChI=1S/C9H14O4/c1-5(10)13-4-6-7(8(11)12)9(6,2)3/h6-7H,4H2,1-3H3,(H,11,12). The van der Waals surface area contributed by atoms with Gasteiger partial charge in [0, 0.05) is 12.8 Å². The molecule has 4 heteroatoms. The van der Waals surface area contributed by atoms with Gasteiger partial charge in [0.1, 0.15) is 0 Å². The highest BCUT2D eigenvalue weighted by Gasteiger charge is 2.62. The summed E-state index contributed by atoms with van der Waals surface area (Å²) in [4.78, 5) is 21.2. The number of carbonyl (C=O) groups is 2. The molecule has 0 saturated heterocycles. The van der Waals surface area contributed by atoms with Crippen molar-refractivity contribution in [3.63, 3.8) is 0 Å². The maximum Gasteiger partial charge on any atom is 0.307 e. The molecule has 2 atom stereocenters. The third-order valence-corrected chi connectivity index (χ3v) is 2.78. The first-order valence-electron chi connectivity index (χ1n) is 4.23. The first-order chi connectivity index (χ1) is 5.87. The first kappa shape index (κ1) is 10.0. The zero-order valence-corrected chi connectivity index (χ0v) is 8.03. The van der Waals surface area contributed by atoms with Crippen LogP contribution in [0.15, 0.2) is 0 Å². The molecule has 13 heavy (non-hydrogen) atoms. The van der Waals surface area contributed by atoms with Gasteiger partial charge in [0.25, 0.3) is 0 Å². The predicted octanol–water partition coefficient (Wildman–Crippen LogP) is 0.906. The monoisotopic (exact) mass is 186 g/mol. The van der Waals surface area contributed by atoms with Crippen molar-refractivity contribution >= 4 is 11.9 Å². The number of carbonyl (C=O) groups excluding carboxylic acids is 1. The molecule has 1 saturated carbocycles. The maximum absolute atomic E-state index is 10.7. The first-order valence-corrected chi connectivity index (χ1v) is 4.23. The molecule has 0 aromatic heterocycles. The van der Waals surface area contributed by atoms with E-state index < -0.39 is 5.97 Å². The average molecular weight is 186 g/mol. The second kappa shape index (κ2) is 3.01. The minimum absolute atomic E-state index is 0.0334. The van der Waals surface area contributed by atoms with Gasteiger partial charge in [0.15, 0.2) is 0 Å². The maximum atomic E-state index is 10.7. The summed E-state index contributed by atoms with van der Waals surface area (Å²) in [7, 11) is 0. The number of rotatable bonds is 3. The number of carboxylic acid groups (broad SMARTS) is 1. The van der Waals surface area contributed by atoms with Crippen LogP contribution in [0.5, 0.6) is 0 Å². The molecule has 0 spiro atoms. The van der Waals surface area contributed by atoms with Gasteiger partial charge in [-0.1, -0.05) is 13.8 Å². The van der Waals surface area contributed by atoms with Crippen molar-refractivity contribution in [1.29, 1.82) is 0 Å². The lowest BCUT2D eigenvalue weighted by Gasteiger charge is -2.01. The van der Waals surface area contributed by atoms with E-state index in [2.05, 4.69) is 0 Å². The summed E-state index contributed by atoms with van der Waals surface area (Å²) in [5, 5.41) is 8.78. The Morgan fingerprint density at radius 1 is 1.46 bits per heavy atom. The number of esters is 1. The predicted molar refractivity (Wildman–Crippen MR) is 45.0 cm³/mol. The van der Waals surface area contributed by atoms with Crippen molar-refractivity contribution in [2.75, 3.05) is 6.61 Å². The largest absolute Gasteiger partial charge is 0.481 e. The third kappa shape index (κ3) is 1.82. The molecule has 0 aromatic carbocycles. The van der Waals surface area contributed by atoms with Crippen LogP contribution in [0.25, 0.3) is 0 Å². The molecule has 4 nitrogen and oxygen atoms in total. The normalized spacial score (nSPS) is 29.5. The van der Waals surface area contributed by atoms with Crippen molar-refractivity contribution in [1.82, 2.24) is 0 Å². The topological polar surface area (TPSA) is 63.6 Å². The van der Waals surface area contributed by atoms with Crippen molar-refractivity contribution in [3.8, 4) is 0 Å². The molecule has 0 heterocycles. The Kier molecular flexibility index (Phi) is 2.32. The van der Waals surface area contributed by atoms with Gasteiger partial charge in [0.05, 0.1) is 12.5 Å². The molecule has 0 bridgehead atoms. The molecule has 1 fully saturated rings. The highest BCUT2D eigenvalue weighted by Crippen LogP contribution is 2.58. The van der Waals surface area contributed by atoms with Crippen molar-refractivity contribution in [2.24, 2.45) is 17.3 Å². The number of ether oxygens (including phenoxy) is 1. The van der Waals surface area contributed by atoms with E-state index in [0.717, 1.165) is 0 Å². The van der Waals surface area contributed by atoms with Crippen molar-refractivity contribution in [2.45, 2.75) is 20.8 Å². The van der Waals surface area contributed by atoms with Crippen LogP contribution in [-0.2, 0) is 14.3 Å². The van der Waals surface area contributed by atoms with Crippen molar-refractivity contribution in [3.05, 3.63) is 0 Å². The lowest BCUT2D eigenvalue weighted by atomic mass is 10.1. The molecular formula is C9H14O4. The second-order valence-electron chi connectivity index (χ2n) is 4.05. The van der Waals surface area contributed by atoms with Crippen LogP contribution in [0, 0.1) is 17.3 Å². The molecule has 0 amide bonds. The van der Waals surface area contributed by atoms with E-state index in [1.165, 1.54) is 6.92 Å². The van der Waals surface area contributed by atoms with E-state index in [1.54, 1.807) is 0 Å². The lowest BCUT2D eigenvalue weighted by Crippen LogP contribution is -2.06. The highest BCUT2D eigenvalue weighted by atomic mass is 16.5. The van der Waals surface area contributed by atoms with Gasteiger partial charge < -0.3 is 9.84 Å². The summed E-state index contributed by atoms with van der Waals surface area (Å²) in [6.45, 7) is 5.30. The van der Waals surface area contributed by atoms with Crippen molar-refractivity contribution < 1.29 is 19.4 Å². The Balaban J connectivity index is 2.46. The van der Waals surface area contributed by atoms with E-state index in [0.29, 0.717) is 0 Å². The fourth-order valence-electron chi connectivity index (χ4n) is 1.75. The van der Waals surface area contributed by atoms with Crippen LogP contribution in [0.4, 0.5) is 0 Å². The zero-order valence-electron chi connectivity index (χ0n) is 8.03. The van der Waals surface area contributed by atoms with E-state index in [9.17, 15) is 9.59 Å². The fraction of sp³-hybridized carbons (Fsp3) is 0.778. The molecule has 1 aliphatic carbocycles. The Morgan fingerprint density at radius 2 is 2.00 bits per heavy atom. The quantitative estimate of drug-likeness (QED) is 0.665. The highest BCUT2D eigenvalue weighted by molar-refractivity contribution is 5.75. The van der Waals surface area contributed by atoms with Crippen LogP contribution < -0.4 is 0 Å². The van der Waals surface area contributed by atoms with Gasteiger partial charge in [-0.25, -0.2) is 0 Å². The molecule has 0 aromatic rings. The minimum atomic E-state index is -0.804. The van der Waals surface area contributed by atoms with Gasteiger partial charge in [-0.3, -0.25) is 9.59 Å². The molecule has 1 rings (SSSR count). The van der Waals surface area contributed by atoms with E-state index in [-0.39, 0.29) is 29.8 Å². The SMILES string of the molecule is CC(=O)OCC1C(C(=O)O)C1(C)C. The number of aliphatic carboxylic acids is 1. The van der Waals surface area contributed by atoms with Gasteiger partial charge in [0.2, 0.25) is 0 Å². The van der Waals surface area contributed by atoms with Gasteiger partial charge >= 0.3 is 11.9 Å². The number of hydrogen-bond acceptors (Lipinski definition) is 3. The summed E-state index contributed by atoms with van der Waals surface area (Å²) in [5.74, 6) is -1.56. The summed E-state index contributed by atoms with van der Waals surface area (Å²) < 4.78 is 4.78. The Hall–Kier alpha value is -1.06. The van der Waals surface area contributed by atoms with E-state index in [1.807, 2.05) is 13.8 Å². The molecule has 74 valence electrons. The second-order valence-corrected chi connectivity index (χ2v) is 4.05. The Labute approximate surface area is 76.9 Å². The molecule has 1 aliphatic rings. The molecule has 0 radical (unpaired) electrons. The summed E-state index contributed by atoms with van der Waals surface area (Å²) in [6, 6.07) is 0. The number of carboxylic acids is 1. The van der Waals surface area contributed by atoms with Crippen LogP contribution in [0.1, 0.15) is 20.8 Å². The number of hydrogen-bond donors (Lipinski definition) is 1. The van der Waals surface area contributed by atoms with Gasteiger partial charge in [-0.15, -0.1) is 0 Å². The average Bonchev–Trinajstić information content (AvgIpc) is 2.48. The molecular weight excluding hydrogens is 172 g/mol. The minimum Gasteiger partial charge on any atom is -0.481 e. The van der Waals surface area contributed by atoms with Crippen LogP contribution in [0.3, 0.4) is 0 Å². The molecule has 2 unspecified atom stereocenters. The Bertz CT molecular complexity index is 244. The summed E-state index contributed by atoms with van der Waals surface area (Å²) in [5.41, 5.74) is -0.235. The third-order valence-electron chi connectivity index (χ3n) is 2.78. The van der Waals surface area contributed by atoms with Gasteiger partial charge in [-0.05, 0) is 5.41 Å². The van der Waals surface area contributed by atoms with Crippen LogP contribution in [-0.4, -0.2) is 23.7 Å². The fourth-order valence-corrected chi connectivity index (χ4v) is 1.75.